The monoisotopic (exact) mass is 169 g/mol. The first-order valence-corrected chi connectivity index (χ1v) is 3.95. The second kappa shape index (κ2) is 3.25. The third-order valence-corrected chi connectivity index (χ3v) is 1.61. The lowest BCUT2D eigenvalue weighted by Gasteiger charge is -2.18. The van der Waals surface area contributed by atoms with Crippen molar-refractivity contribution in [1.82, 2.24) is 15.3 Å². The Kier molecular flexibility index (Phi) is 2.49. The van der Waals surface area contributed by atoms with Crippen molar-refractivity contribution in [2.75, 3.05) is 0 Å². The molecule has 0 aliphatic heterocycles. The molecular formula is C8H15N3O. The molecule has 1 heterocycles. The van der Waals surface area contributed by atoms with Crippen molar-refractivity contribution in [3.05, 3.63) is 18.0 Å². The van der Waals surface area contributed by atoms with Crippen LogP contribution in [0.1, 0.15) is 26.3 Å². The molecule has 0 radical (unpaired) electrons. The van der Waals surface area contributed by atoms with E-state index in [-0.39, 0.29) is 5.54 Å². The van der Waals surface area contributed by atoms with E-state index in [2.05, 4.69) is 31.3 Å². The number of aromatic nitrogens is 2. The molecule has 0 fully saturated rings. The highest BCUT2D eigenvalue weighted by molar-refractivity contribution is 5.04. The molecule has 0 atom stereocenters. The summed E-state index contributed by atoms with van der Waals surface area (Å²) in [7, 11) is 0. The Morgan fingerprint density at radius 3 is 2.67 bits per heavy atom. The topological polar surface area (TPSA) is 50.1 Å². The van der Waals surface area contributed by atoms with E-state index in [9.17, 15) is 0 Å². The quantitative estimate of drug-likeness (QED) is 0.652. The minimum Gasteiger partial charge on any atom is -0.316 e. The van der Waals surface area contributed by atoms with Gasteiger partial charge in [-0.05, 0) is 20.8 Å². The maximum absolute atomic E-state index is 8.44. The van der Waals surface area contributed by atoms with E-state index in [0.29, 0.717) is 6.54 Å². The first kappa shape index (κ1) is 9.22. The fourth-order valence-electron chi connectivity index (χ4n) is 0.910. The van der Waals surface area contributed by atoms with Gasteiger partial charge in [0, 0.05) is 18.3 Å². The standard InChI is InChI=1S/C8H15N3O/c1-8(2,3)11-6-7(4-9-11)5-10-12/h4,6,10,12H,5H2,1-3H3. The van der Waals surface area contributed by atoms with Gasteiger partial charge in [0.15, 0.2) is 0 Å². The molecule has 0 saturated heterocycles. The Labute approximate surface area is 72.2 Å². The second-order valence-corrected chi connectivity index (χ2v) is 3.80. The summed E-state index contributed by atoms with van der Waals surface area (Å²) in [5.41, 5.74) is 3.08. The van der Waals surface area contributed by atoms with E-state index in [1.807, 2.05) is 10.9 Å². The molecule has 4 heteroatoms. The van der Waals surface area contributed by atoms with E-state index in [1.165, 1.54) is 0 Å². The second-order valence-electron chi connectivity index (χ2n) is 3.80. The average molecular weight is 169 g/mol. The van der Waals surface area contributed by atoms with E-state index in [1.54, 1.807) is 6.20 Å². The first-order valence-electron chi connectivity index (χ1n) is 3.95. The molecule has 1 rings (SSSR count). The third kappa shape index (κ3) is 2.06. The molecule has 68 valence electrons. The SMILES string of the molecule is CC(C)(C)n1cc(CNO)cn1. The first-order chi connectivity index (χ1) is 5.54. The summed E-state index contributed by atoms with van der Waals surface area (Å²) in [5.74, 6) is 0. The van der Waals surface area contributed by atoms with Crippen molar-refractivity contribution < 1.29 is 5.21 Å². The summed E-state index contributed by atoms with van der Waals surface area (Å²) >= 11 is 0. The van der Waals surface area contributed by atoms with Crippen LogP contribution in [0.3, 0.4) is 0 Å². The molecule has 0 amide bonds. The Hall–Kier alpha value is -0.870. The molecule has 2 N–H and O–H groups in total. The van der Waals surface area contributed by atoms with Gasteiger partial charge in [-0.3, -0.25) is 4.68 Å². The van der Waals surface area contributed by atoms with Crippen LogP contribution >= 0.6 is 0 Å². The van der Waals surface area contributed by atoms with Gasteiger partial charge < -0.3 is 5.21 Å². The maximum atomic E-state index is 8.44. The summed E-state index contributed by atoms with van der Waals surface area (Å²) in [6, 6.07) is 0. The molecule has 0 spiro atoms. The molecule has 1 aromatic heterocycles. The van der Waals surface area contributed by atoms with Crippen molar-refractivity contribution in [1.29, 1.82) is 0 Å². The van der Waals surface area contributed by atoms with Gasteiger partial charge in [-0.2, -0.15) is 5.10 Å². The molecule has 0 unspecified atom stereocenters. The Bertz CT molecular complexity index is 249. The lowest BCUT2D eigenvalue weighted by molar-refractivity contribution is 0.161. The Balaban J connectivity index is 2.77. The van der Waals surface area contributed by atoms with Crippen LogP contribution in [0.15, 0.2) is 12.4 Å². The maximum Gasteiger partial charge on any atom is 0.0543 e. The van der Waals surface area contributed by atoms with Crippen LogP contribution in [0, 0.1) is 0 Å². The van der Waals surface area contributed by atoms with Crippen LogP contribution in [0.4, 0.5) is 0 Å². The molecule has 0 aliphatic carbocycles. The highest BCUT2D eigenvalue weighted by Crippen LogP contribution is 2.12. The van der Waals surface area contributed by atoms with Crippen LogP contribution in [-0.2, 0) is 12.1 Å². The number of nitrogens with zero attached hydrogens (tertiary/aromatic N) is 2. The fourth-order valence-corrected chi connectivity index (χ4v) is 0.910. The number of rotatable bonds is 2. The predicted molar refractivity (Wildman–Crippen MR) is 45.8 cm³/mol. The number of hydrogen-bond donors (Lipinski definition) is 2. The molecule has 4 nitrogen and oxygen atoms in total. The van der Waals surface area contributed by atoms with Crippen LogP contribution in [0.5, 0.6) is 0 Å². The van der Waals surface area contributed by atoms with Crippen molar-refractivity contribution in [2.45, 2.75) is 32.9 Å². The van der Waals surface area contributed by atoms with Crippen molar-refractivity contribution >= 4 is 0 Å². The number of hydrogen-bond acceptors (Lipinski definition) is 3. The van der Waals surface area contributed by atoms with E-state index < -0.39 is 0 Å². The normalized spacial score (nSPS) is 12.0. The summed E-state index contributed by atoms with van der Waals surface area (Å²) in [6.45, 7) is 6.68. The van der Waals surface area contributed by atoms with Crippen molar-refractivity contribution in [3.8, 4) is 0 Å². The highest BCUT2D eigenvalue weighted by Gasteiger charge is 2.13. The summed E-state index contributed by atoms with van der Waals surface area (Å²) in [4.78, 5) is 0. The molecule has 0 saturated carbocycles. The highest BCUT2D eigenvalue weighted by atomic mass is 16.5. The Morgan fingerprint density at radius 1 is 1.58 bits per heavy atom. The largest absolute Gasteiger partial charge is 0.316 e. The van der Waals surface area contributed by atoms with Crippen molar-refractivity contribution in [3.63, 3.8) is 0 Å². The molecule has 0 aliphatic rings. The summed E-state index contributed by atoms with van der Waals surface area (Å²) in [6.07, 6.45) is 3.66. The van der Waals surface area contributed by atoms with Gasteiger partial charge in [0.1, 0.15) is 0 Å². The van der Waals surface area contributed by atoms with Gasteiger partial charge >= 0.3 is 0 Å². The van der Waals surface area contributed by atoms with Crippen LogP contribution in [0.25, 0.3) is 0 Å². The summed E-state index contributed by atoms with van der Waals surface area (Å²) in [5, 5.41) is 12.6. The molecule has 12 heavy (non-hydrogen) atoms. The number of nitrogens with one attached hydrogen (secondary N) is 1. The lowest BCUT2D eigenvalue weighted by atomic mass is 10.1. The van der Waals surface area contributed by atoms with Gasteiger partial charge in [0.2, 0.25) is 0 Å². The smallest absolute Gasteiger partial charge is 0.0543 e. The molecule has 0 bridgehead atoms. The van der Waals surface area contributed by atoms with Gasteiger partial charge in [0.25, 0.3) is 0 Å². The average Bonchev–Trinajstić information content (AvgIpc) is 2.35. The molecule has 1 aromatic rings. The van der Waals surface area contributed by atoms with Gasteiger partial charge in [-0.1, -0.05) is 0 Å². The van der Waals surface area contributed by atoms with Crippen LogP contribution in [-0.4, -0.2) is 15.0 Å². The van der Waals surface area contributed by atoms with Gasteiger partial charge in [-0.25, -0.2) is 5.48 Å². The zero-order valence-corrected chi connectivity index (χ0v) is 7.70. The van der Waals surface area contributed by atoms with Crippen LogP contribution in [0.2, 0.25) is 0 Å². The fraction of sp³-hybridized carbons (Fsp3) is 0.625. The zero-order chi connectivity index (χ0) is 9.19. The lowest BCUT2D eigenvalue weighted by Crippen LogP contribution is -2.22. The number of hydroxylamine groups is 1. The third-order valence-electron chi connectivity index (χ3n) is 1.61. The Morgan fingerprint density at radius 2 is 2.25 bits per heavy atom. The molecule has 0 aromatic carbocycles. The predicted octanol–water partition coefficient (Wildman–Crippen LogP) is 1.12. The van der Waals surface area contributed by atoms with Gasteiger partial charge in [-0.15, -0.1) is 0 Å². The van der Waals surface area contributed by atoms with Gasteiger partial charge in [0.05, 0.1) is 11.7 Å². The van der Waals surface area contributed by atoms with E-state index >= 15 is 0 Å². The van der Waals surface area contributed by atoms with Crippen LogP contribution < -0.4 is 5.48 Å². The van der Waals surface area contributed by atoms with E-state index in [0.717, 1.165) is 5.56 Å². The van der Waals surface area contributed by atoms with Crippen molar-refractivity contribution in [2.24, 2.45) is 0 Å². The zero-order valence-electron chi connectivity index (χ0n) is 7.70. The summed E-state index contributed by atoms with van der Waals surface area (Å²) < 4.78 is 1.87. The minimum atomic E-state index is 0.00764. The van der Waals surface area contributed by atoms with E-state index in [4.69, 9.17) is 5.21 Å². The molecular weight excluding hydrogens is 154 g/mol. The minimum absolute atomic E-state index is 0.00764.